The fourth-order valence-corrected chi connectivity index (χ4v) is 0.390. The Bertz CT molecular complexity index is 89.7. The van der Waals surface area contributed by atoms with Crippen molar-refractivity contribution >= 4 is 17.7 Å². The number of thioether (sulfide) groups is 1. The molecule has 0 aromatic heterocycles. The van der Waals surface area contributed by atoms with Crippen molar-refractivity contribution in [2.75, 3.05) is 6.26 Å². The lowest BCUT2D eigenvalue weighted by Gasteiger charge is -1.73. The molecule has 1 N–H and O–H groups in total. The van der Waals surface area contributed by atoms with Crippen LogP contribution in [0.4, 0.5) is 0 Å². The zero-order valence-electron chi connectivity index (χ0n) is 3.97. The molecule has 0 unspecified atom stereocenters. The number of hydrogen-bond donors (Lipinski definition) is 0. The van der Waals surface area contributed by atoms with Gasteiger partial charge in [0.1, 0.15) is 0 Å². The lowest BCUT2D eigenvalue weighted by molar-refractivity contribution is -0.114. The van der Waals surface area contributed by atoms with Crippen molar-refractivity contribution in [3.63, 3.8) is 0 Å². The van der Waals surface area contributed by atoms with E-state index in [1.54, 1.807) is 5.41 Å². The first kappa shape index (κ1) is 6.56. The largest absolute Gasteiger partial charge is 0.268 e. The predicted molar refractivity (Wildman–Crippen MR) is 30.8 cm³/mol. The van der Waals surface area contributed by atoms with Crippen molar-refractivity contribution in [3.8, 4) is 0 Å². The van der Waals surface area contributed by atoms with E-state index in [2.05, 4.69) is 0 Å². The molecule has 0 saturated heterocycles. The standard InChI is InChI=1S/C4H6NOS/c1-7-3-2-4(5)6/h2-3,5H,1H3/b3-2+. The van der Waals surface area contributed by atoms with Gasteiger partial charge in [-0.2, -0.15) is 0 Å². The summed E-state index contributed by atoms with van der Waals surface area (Å²) in [5.74, 6) is -0.644. The third-order valence-electron chi connectivity index (χ3n) is 0.355. The highest BCUT2D eigenvalue weighted by atomic mass is 32.2. The highest BCUT2D eigenvalue weighted by molar-refractivity contribution is 8.01. The van der Waals surface area contributed by atoms with Crippen LogP contribution in [0.2, 0.25) is 0 Å². The summed E-state index contributed by atoms with van der Waals surface area (Å²) in [5.41, 5.74) is 6.34. The van der Waals surface area contributed by atoms with Crippen LogP contribution < -0.4 is 5.73 Å². The van der Waals surface area contributed by atoms with Crippen LogP contribution in [0, 0.1) is 0 Å². The van der Waals surface area contributed by atoms with Gasteiger partial charge in [-0.15, -0.1) is 11.8 Å². The Morgan fingerprint density at radius 1 is 1.86 bits per heavy atom. The summed E-state index contributed by atoms with van der Waals surface area (Å²) >= 11 is 1.41. The van der Waals surface area contributed by atoms with Gasteiger partial charge in [0.25, 0.3) is 5.91 Å². The van der Waals surface area contributed by atoms with Gasteiger partial charge in [-0.3, -0.25) is 10.5 Å². The number of amides is 1. The average Bonchev–Trinajstić information content (AvgIpc) is 1.61. The van der Waals surface area contributed by atoms with Gasteiger partial charge in [-0.05, 0) is 11.7 Å². The average molecular weight is 116 g/mol. The van der Waals surface area contributed by atoms with E-state index in [0.717, 1.165) is 0 Å². The highest BCUT2D eigenvalue weighted by Crippen LogP contribution is 1.90. The Balaban J connectivity index is 3.26. The first-order valence-corrected chi connectivity index (χ1v) is 3.01. The van der Waals surface area contributed by atoms with Crippen molar-refractivity contribution in [2.24, 2.45) is 0 Å². The number of carbonyl (C=O) groups excluding carboxylic acids is 1. The molecule has 0 aliphatic carbocycles. The molecule has 3 heteroatoms. The Labute approximate surface area is 46.8 Å². The van der Waals surface area contributed by atoms with E-state index < -0.39 is 5.91 Å². The zero-order chi connectivity index (χ0) is 5.70. The maximum Gasteiger partial charge on any atom is 0.262 e. The van der Waals surface area contributed by atoms with E-state index in [9.17, 15) is 4.79 Å². The Kier molecular flexibility index (Phi) is 3.50. The quantitative estimate of drug-likeness (QED) is 0.497. The van der Waals surface area contributed by atoms with Gasteiger partial charge in [0, 0.05) is 6.08 Å². The topological polar surface area (TPSA) is 40.9 Å². The summed E-state index contributed by atoms with van der Waals surface area (Å²) in [6.07, 6.45) is 3.05. The first-order chi connectivity index (χ1) is 3.27. The fourth-order valence-electron chi connectivity index (χ4n) is 0.130. The summed E-state index contributed by atoms with van der Waals surface area (Å²) in [5, 5.41) is 1.58. The molecule has 0 saturated carbocycles. The van der Waals surface area contributed by atoms with Crippen molar-refractivity contribution < 1.29 is 4.79 Å². The summed E-state index contributed by atoms with van der Waals surface area (Å²) in [7, 11) is 0. The molecule has 1 radical (unpaired) electrons. The molecular weight excluding hydrogens is 110 g/mol. The van der Waals surface area contributed by atoms with E-state index in [-0.39, 0.29) is 0 Å². The molecule has 7 heavy (non-hydrogen) atoms. The molecule has 0 aliphatic heterocycles. The molecule has 0 rings (SSSR count). The molecule has 0 fully saturated rings. The van der Waals surface area contributed by atoms with Crippen LogP contribution in [0.15, 0.2) is 11.5 Å². The van der Waals surface area contributed by atoms with Crippen LogP contribution >= 0.6 is 11.8 Å². The Hall–Kier alpha value is -0.440. The monoisotopic (exact) mass is 116 g/mol. The van der Waals surface area contributed by atoms with Gasteiger partial charge >= 0.3 is 0 Å². The van der Waals surface area contributed by atoms with Crippen LogP contribution in [-0.4, -0.2) is 12.2 Å². The minimum absolute atomic E-state index is 0.644. The molecular formula is C4H6NOS. The van der Waals surface area contributed by atoms with Crippen LogP contribution in [0.5, 0.6) is 0 Å². The normalized spacial score (nSPS) is 9.86. The molecule has 0 aliphatic rings. The maximum absolute atomic E-state index is 9.77. The zero-order valence-corrected chi connectivity index (χ0v) is 4.79. The van der Waals surface area contributed by atoms with Crippen molar-refractivity contribution in [3.05, 3.63) is 11.5 Å². The van der Waals surface area contributed by atoms with Gasteiger partial charge in [0.15, 0.2) is 0 Å². The van der Waals surface area contributed by atoms with Crippen molar-refractivity contribution in [2.45, 2.75) is 0 Å². The van der Waals surface area contributed by atoms with E-state index in [1.165, 1.54) is 17.8 Å². The smallest absolute Gasteiger partial charge is 0.262 e. The number of hydrogen-bond acceptors (Lipinski definition) is 2. The summed E-state index contributed by atoms with van der Waals surface area (Å²) in [6.45, 7) is 0. The number of nitrogens with one attached hydrogen (secondary N) is 1. The second-order valence-corrected chi connectivity index (χ2v) is 1.65. The second kappa shape index (κ2) is 3.74. The van der Waals surface area contributed by atoms with Gasteiger partial charge in [0.2, 0.25) is 0 Å². The number of carbonyl (C=O) groups is 1. The minimum Gasteiger partial charge on any atom is -0.268 e. The fraction of sp³-hybridized carbons (Fsp3) is 0.250. The molecule has 0 aromatic carbocycles. The summed E-state index contributed by atoms with van der Waals surface area (Å²) < 4.78 is 0. The summed E-state index contributed by atoms with van der Waals surface area (Å²) in [6, 6.07) is 0. The molecule has 2 nitrogen and oxygen atoms in total. The molecule has 0 heterocycles. The SMILES string of the molecule is CS/C=C/C([NH])=O. The lowest BCUT2D eigenvalue weighted by Crippen LogP contribution is -1.87. The molecule has 39 valence electrons. The molecule has 0 spiro atoms. The van der Waals surface area contributed by atoms with Crippen molar-refractivity contribution in [1.82, 2.24) is 5.73 Å². The maximum atomic E-state index is 9.77. The Morgan fingerprint density at radius 2 is 2.43 bits per heavy atom. The van der Waals surface area contributed by atoms with Crippen LogP contribution in [0.3, 0.4) is 0 Å². The molecule has 0 aromatic rings. The van der Waals surface area contributed by atoms with Gasteiger partial charge in [-0.25, -0.2) is 0 Å². The highest BCUT2D eigenvalue weighted by Gasteiger charge is 1.78. The third-order valence-corrected chi connectivity index (χ3v) is 0.764. The first-order valence-electron chi connectivity index (χ1n) is 1.72. The van der Waals surface area contributed by atoms with Gasteiger partial charge < -0.3 is 0 Å². The van der Waals surface area contributed by atoms with E-state index >= 15 is 0 Å². The third kappa shape index (κ3) is 5.56. The molecule has 0 atom stereocenters. The summed E-state index contributed by atoms with van der Waals surface area (Å²) in [4.78, 5) is 9.77. The van der Waals surface area contributed by atoms with Gasteiger partial charge in [0.05, 0.1) is 0 Å². The molecule has 1 amide bonds. The van der Waals surface area contributed by atoms with Crippen molar-refractivity contribution in [1.29, 1.82) is 0 Å². The van der Waals surface area contributed by atoms with E-state index in [0.29, 0.717) is 0 Å². The van der Waals surface area contributed by atoms with Crippen LogP contribution in [-0.2, 0) is 4.79 Å². The van der Waals surface area contributed by atoms with E-state index in [4.69, 9.17) is 5.73 Å². The predicted octanol–water partition coefficient (Wildman–Crippen LogP) is 0.673. The second-order valence-electron chi connectivity index (χ2n) is 0.903. The number of rotatable bonds is 2. The lowest BCUT2D eigenvalue weighted by atomic mass is 10.6. The van der Waals surface area contributed by atoms with Crippen LogP contribution in [0.25, 0.3) is 0 Å². The van der Waals surface area contributed by atoms with E-state index in [1.807, 2.05) is 6.26 Å². The minimum atomic E-state index is -0.644. The molecule has 0 bridgehead atoms. The van der Waals surface area contributed by atoms with Crippen LogP contribution in [0.1, 0.15) is 0 Å². The Morgan fingerprint density at radius 3 is 2.57 bits per heavy atom. The van der Waals surface area contributed by atoms with Gasteiger partial charge in [-0.1, -0.05) is 0 Å².